The van der Waals surface area contributed by atoms with Crippen molar-refractivity contribution in [3.05, 3.63) is 12.2 Å². The van der Waals surface area contributed by atoms with Gasteiger partial charge in [0, 0.05) is 0 Å². The Morgan fingerprint density at radius 3 is 2.30 bits per heavy atom. The summed E-state index contributed by atoms with van der Waals surface area (Å²) in [7, 11) is 0. The summed E-state index contributed by atoms with van der Waals surface area (Å²) in [5.74, 6) is 1.60. The molecule has 0 saturated carbocycles. The van der Waals surface area contributed by atoms with Crippen molar-refractivity contribution in [3.8, 4) is 0 Å². The van der Waals surface area contributed by atoms with Gasteiger partial charge in [-0.05, 0) is 18.8 Å². The Bertz CT molecular complexity index is 92.2. The maximum Gasteiger partial charge on any atom is -0.0236 e. The average molecular weight is 140 g/mol. The van der Waals surface area contributed by atoms with Crippen LogP contribution in [0.3, 0.4) is 0 Å². The first kappa shape index (κ1) is 9.74. The van der Waals surface area contributed by atoms with Crippen molar-refractivity contribution in [3.63, 3.8) is 0 Å². The quantitative estimate of drug-likeness (QED) is 0.523. The van der Waals surface area contributed by atoms with Crippen molar-refractivity contribution in [1.82, 2.24) is 0 Å². The fourth-order valence-corrected chi connectivity index (χ4v) is 1.21. The van der Waals surface area contributed by atoms with Crippen molar-refractivity contribution in [2.75, 3.05) is 0 Å². The summed E-state index contributed by atoms with van der Waals surface area (Å²) in [4.78, 5) is 0. The largest absolute Gasteiger partial charge is 0.0914 e. The van der Waals surface area contributed by atoms with Gasteiger partial charge in [0.1, 0.15) is 0 Å². The first-order valence-electron chi connectivity index (χ1n) is 4.35. The van der Waals surface area contributed by atoms with Crippen LogP contribution in [0.4, 0.5) is 0 Å². The zero-order valence-corrected chi connectivity index (χ0v) is 7.72. The Labute approximate surface area is 65.3 Å². The molecule has 0 aliphatic carbocycles. The van der Waals surface area contributed by atoms with E-state index in [0.717, 1.165) is 11.8 Å². The first-order valence-corrected chi connectivity index (χ1v) is 4.35. The third kappa shape index (κ3) is 3.71. The van der Waals surface area contributed by atoms with Crippen molar-refractivity contribution in [2.24, 2.45) is 11.8 Å². The van der Waals surface area contributed by atoms with E-state index >= 15 is 0 Å². The van der Waals surface area contributed by atoms with E-state index < -0.39 is 0 Å². The van der Waals surface area contributed by atoms with E-state index in [2.05, 4.69) is 39.8 Å². The lowest BCUT2D eigenvalue weighted by Crippen LogP contribution is -2.03. The van der Waals surface area contributed by atoms with Crippen LogP contribution in [0.15, 0.2) is 12.2 Å². The standard InChI is InChI=1S/C10H20/c1-5-7-9(3)10(4)8-6-2/h5,7,9-10H,6,8H2,1-4H3. The molecule has 0 N–H and O–H groups in total. The molecule has 10 heavy (non-hydrogen) atoms. The van der Waals surface area contributed by atoms with Crippen LogP contribution in [0.5, 0.6) is 0 Å². The van der Waals surface area contributed by atoms with Crippen LogP contribution >= 0.6 is 0 Å². The third-order valence-electron chi connectivity index (χ3n) is 2.14. The average Bonchev–Trinajstić information content (AvgIpc) is 1.89. The van der Waals surface area contributed by atoms with Crippen LogP contribution in [0.25, 0.3) is 0 Å². The van der Waals surface area contributed by atoms with Crippen LogP contribution in [0, 0.1) is 11.8 Å². The molecule has 0 aromatic rings. The van der Waals surface area contributed by atoms with Crippen molar-refractivity contribution >= 4 is 0 Å². The third-order valence-corrected chi connectivity index (χ3v) is 2.14. The van der Waals surface area contributed by atoms with Gasteiger partial charge in [-0.15, -0.1) is 0 Å². The van der Waals surface area contributed by atoms with E-state index in [-0.39, 0.29) is 0 Å². The minimum Gasteiger partial charge on any atom is -0.0914 e. The van der Waals surface area contributed by atoms with Crippen LogP contribution in [0.1, 0.15) is 40.5 Å². The highest BCUT2D eigenvalue weighted by Crippen LogP contribution is 2.17. The summed E-state index contributed by atoms with van der Waals surface area (Å²) < 4.78 is 0. The molecule has 0 heterocycles. The minimum absolute atomic E-state index is 0.755. The van der Waals surface area contributed by atoms with E-state index in [0.29, 0.717) is 0 Å². The molecular formula is C10H20. The molecule has 60 valence electrons. The number of hydrogen-bond donors (Lipinski definition) is 0. The summed E-state index contributed by atoms with van der Waals surface area (Å²) in [6, 6.07) is 0. The van der Waals surface area contributed by atoms with E-state index in [9.17, 15) is 0 Å². The molecule has 2 atom stereocenters. The van der Waals surface area contributed by atoms with Gasteiger partial charge in [-0.25, -0.2) is 0 Å². The summed E-state index contributed by atoms with van der Waals surface area (Å²) in [5, 5.41) is 0. The molecule has 0 nitrogen and oxygen atoms in total. The van der Waals surface area contributed by atoms with Gasteiger partial charge in [0.15, 0.2) is 0 Å². The fraction of sp³-hybridized carbons (Fsp3) is 0.800. The molecule has 0 bridgehead atoms. The Hall–Kier alpha value is -0.260. The predicted molar refractivity (Wildman–Crippen MR) is 48.1 cm³/mol. The SMILES string of the molecule is CC=CC(C)C(C)CCC. The Kier molecular flexibility index (Phi) is 5.38. The van der Waals surface area contributed by atoms with Gasteiger partial charge < -0.3 is 0 Å². The second kappa shape index (κ2) is 5.52. The van der Waals surface area contributed by atoms with Crippen molar-refractivity contribution < 1.29 is 0 Å². The molecule has 0 aliphatic rings. The zero-order chi connectivity index (χ0) is 7.98. The van der Waals surface area contributed by atoms with E-state index in [4.69, 9.17) is 0 Å². The van der Waals surface area contributed by atoms with Gasteiger partial charge in [-0.2, -0.15) is 0 Å². The molecule has 0 fully saturated rings. The van der Waals surface area contributed by atoms with Crippen LogP contribution in [-0.2, 0) is 0 Å². The lowest BCUT2D eigenvalue weighted by atomic mass is 9.92. The molecule has 0 spiro atoms. The molecule has 0 radical (unpaired) electrons. The highest BCUT2D eigenvalue weighted by molar-refractivity contribution is 4.85. The number of allylic oxidation sites excluding steroid dienone is 2. The van der Waals surface area contributed by atoms with Gasteiger partial charge >= 0.3 is 0 Å². The van der Waals surface area contributed by atoms with Gasteiger partial charge in [-0.1, -0.05) is 45.8 Å². The van der Waals surface area contributed by atoms with Crippen LogP contribution in [-0.4, -0.2) is 0 Å². The molecule has 0 amide bonds. The first-order chi connectivity index (χ1) is 4.72. The Balaban J connectivity index is 3.58. The summed E-state index contributed by atoms with van der Waals surface area (Å²) >= 11 is 0. The summed E-state index contributed by atoms with van der Waals surface area (Å²) in [6.07, 6.45) is 7.10. The van der Waals surface area contributed by atoms with Gasteiger partial charge in [0.25, 0.3) is 0 Å². The normalized spacial score (nSPS) is 17.6. The lowest BCUT2D eigenvalue weighted by molar-refractivity contribution is 0.423. The monoisotopic (exact) mass is 140 g/mol. The van der Waals surface area contributed by atoms with E-state index in [1.165, 1.54) is 12.8 Å². The van der Waals surface area contributed by atoms with Crippen LogP contribution in [0.2, 0.25) is 0 Å². The number of rotatable bonds is 4. The molecule has 0 aromatic carbocycles. The highest BCUT2D eigenvalue weighted by Gasteiger charge is 2.06. The lowest BCUT2D eigenvalue weighted by Gasteiger charge is -2.14. The van der Waals surface area contributed by atoms with Crippen molar-refractivity contribution in [1.29, 1.82) is 0 Å². The topological polar surface area (TPSA) is 0 Å². The van der Waals surface area contributed by atoms with E-state index in [1.807, 2.05) is 0 Å². The second-order valence-corrected chi connectivity index (χ2v) is 3.15. The maximum atomic E-state index is 2.33. The van der Waals surface area contributed by atoms with Gasteiger partial charge in [0.05, 0.1) is 0 Å². The molecule has 0 saturated heterocycles. The summed E-state index contributed by atoms with van der Waals surface area (Å²) in [5.41, 5.74) is 0. The molecular weight excluding hydrogens is 120 g/mol. The fourth-order valence-electron chi connectivity index (χ4n) is 1.21. The maximum absolute atomic E-state index is 2.33. The van der Waals surface area contributed by atoms with E-state index in [1.54, 1.807) is 0 Å². The molecule has 0 heteroatoms. The van der Waals surface area contributed by atoms with Crippen molar-refractivity contribution in [2.45, 2.75) is 40.5 Å². The van der Waals surface area contributed by atoms with Crippen LogP contribution < -0.4 is 0 Å². The molecule has 0 rings (SSSR count). The van der Waals surface area contributed by atoms with Gasteiger partial charge in [0.2, 0.25) is 0 Å². The molecule has 2 unspecified atom stereocenters. The van der Waals surface area contributed by atoms with Gasteiger partial charge in [-0.3, -0.25) is 0 Å². The Morgan fingerprint density at radius 2 is 1.90 bits per heavy atom. The zero-order valence-electron chi connectivity index (χ0n) is 7.72. The minimum atomic E-state index is 0.755. The second-order valence-electron chi connectivity index (χ2n) is 3.15. The smallest absolute Gasteiger partial charge is 0.0236 e. The molecule has 0 aromatic heterocycles. The number of hydrogen-bond acceptors (Lipinski definition) is 0. The summed E-state index contributed by atoms with van der Waals surface area (Å²) in [6.45, 7) is 8.96. The highest BCUT2D eigenvalue weighted by atomic mass is 14.1. The Morgan fingerprint density at radius 1 is 1.30 bits per heavy atom. The molecule has 0 aliphatic heterocycles. The predicted octanol–water partition coefficient (Wildman–Crippen LogP) is 3.63.